The number of para-hydroxylation sites is 1. The van der Waals surface area contributed by atoms with Crippen LogP contribution in [0.3, 0.4) is 0 Å². The maximum absolute atomic E-state index is 9.25. The molecule has 1 unspecified atom stereocenters. The molecule has 2 rings (SSSR count). The summed E-state index contributed by atoms with van der Waals surface area (Å²) in [6.45, 7) is 0.625. The van der Waals surface area contributed by atoms with Gasteiger partial charge in [-0.05, 0) is 17.7 Å². The van der Waals surface area contributed by atoms with Gasteiger partial charge in [0.25, 0.3) is 0 Å². The van der Waals surface area contributed by atoms with Crippen molar-refractivity contribution in [3.63, 3.8) is 0 Å². The van der Waals surface area contributed by atoms with Gasteiger partial charge in [0.05, 0.1) is 12.1 Å². The quantitative estimate of drug-likeness (QED) is 0.838. The molecule has 0 aliphatic carbocycles. The van der Waals surface area contributed by atoms with Crippen molar-refractivity contribution in [2.45, 2.75) is 5.92 Å². The summed E-state index contributed by atoms with van der Waals surface area (Å²) in [5.41, 5.74) is 2.10. The van der Waals surface area contributed by atoms with Crippen LogP contribution in [0.1, 0.15) is 11.5 Å². The van der Waals surface area contributed by atoms with E-state index < -0.39 is 5.92 Å². The van der Waals surface area contributed by atoms with Crippen molar-refractivity contribution in [1.82, 2.24) is 0 Å². The summed E-state index contributed by atoms with van der Waals surface area (Å²) in [6.07, 6.45) is 0. The van der Waals surface area contributed by atoms with Crippen molar-refractivity contribution in [2.24, 2.45) is 5.92 Å². The van der Waals surface area contributed by atoms with Gasteiger partial charge >= 0.3 is 0 Å². The standard InChI is InChI=1S/C18H17N3/c1-21(17-10-6-3-7-11-17)14-18(16(12-19)13-20)15-8-4-2-5-9-15/h2-11,16,18H,14H2,1H3. The van der Waals surface area contributed by atoms with Crippen molar-refractivity contribution in [3.05, 3.63) is 66.2 Å². The number of hydrogen-bond donors (Lipinski definition) is 0. The zero-order chi connectivity index (χ0) is 15.1. The van der Waals surface area contributed by atoms with Crippen LogP contribution in [0.4, 0.5) is 5.69 Å². The summed E-state index contributed by atoms with van der Waals surface area (Å²) in [7, 11) is 1.98. The zero-order valence-corrected chi connectivity index (χ0v) is 12.0. The van der Waals surface area contributed by atoms with Gasteiger partial charge in [-0.3, -0.25) is 0 Å². The number of rotatable bonds is 5. The molecule has 0 saturated carbocycles. The average molecular weight is 275 g/mol. The summed E-state index contributed by atoms with van der Waals surface area (Å²) >= 11 is 0. The molecule has 0 saturated heterocycles. The van der Waals surface area contributed by atoms with Crippen molar-refractivity contribution >= 4 is 5.69 Å². The van der Waals surface area contributed by atoms with Crippen molar-refractivity contribution in [2.75, 3.05) is 18.5 Å². The van der Waals surface area contributed by atoms with Crippen molar-refractivity contribution in [1.29, 1.82) is 10.5 Å². The highest BCUT2D eigenvalue weighted by Crippen LogP contribution is 2.26. The highest BCUT2D eigenvalue weighted by Gasteiger charge is 2.24. The molecular weight excluding hydrogens is 258 g/mol. The average Bonchev–Trinajstić information content (AvgIpc) is 2.56. The fraction of sp³-hybridized carbons (Fsp3) is 0.222. The Labute approximate surface area is 125 Å². The van der Waals surface area contributed by atoms with Crippen LogP contribution in [0.25, 0.3) is 0 Å². The molecule has 0 spiro atoms. The monoisotopic (exact) mass is 275 g/mol. The van der Waals surface area contributed by atoms with Gasteiger partial charge in [0, 0.05) is 25.2 Å². The van der Waals surface area contributed by atoms with E-state index in [-0.39, 0.29) is 5.92 Å². The Morgan fingerprint density at radius 2 is 1.43 bits per heavy atom. The summed E-state index contributed by atoms with van der Waals surface area (Å²) in [6, 6.07) is 24.0. The second-order valence-corrected chi connectivity index (χ2v) is 4.97. The van der Waals surface area contributed by atoms with Crippen LogP contribution in [0, 0.1) is 28.6 Å². The Hall–Kier alpha value is -2.78. The molecule has 0 aromatic heterocycles. The molecule has 104 valence electrons. The molecule has 21 heavy (non-hydrogen) atoms. The van der Waals surface area contributed by atoms with Crippen LogP contribution in [0.5, 0.6) is 0 Å². The molecule has 0 fully saturated rings. The van der Waals surface area contributed by atoms with Crippen LogP contribution < -0.4 is 4.90 Å². The van der Waals surface area contributed by atoms with Gasteiger partial charge in [0.15, 0.2) is 0 Å². The minimum absolute atomic E-state index is 0.133. The van der Waals surface area contributed by atoms with E-state index in [1.54, 1.807) is 0 Å². The van der Waals surface area contributed by atoms with Gasteiger partial charge in [-0.25, -0.2) is 0 Å². The van der Waals surface area contributed by atoms with Crippen molar-refractivity contribution < 1.29 is 0 Å². The normalized spacial score (nSPS) is 11.4. The van der Waals surface area contributed by atoms with Crippen LogP contribution in [-0.4, -0.2) is 13.6 Å². The van der Waals surface area contributed by atoms with E-state index >= 15 is 0 Å². The van der Waals surface area contributed by atoms with E-state index in [0.717, 1.165) is 11.3 Å². The molecule has 0 amide bonds. The Balaban J connectivity index is 2.25. The van der Waals surface area contributed by atoms with Gasteiger partial charge in [-0.15, -0.1) is 0 Å². The Morgan fingerprint density at radius 3 is 1.95 bits per heavy atom. The van der Waals surface area contributed by atoms with E-state index in [1.165, 1.54) is 0 Å². The highest BCUT2D eigenvalue weighted by atomic mass is 15.1. The van der Waals surface area contributed by atoms with E-state index in [9.17, 15) is 10.5 Å². The highest BCUT2D eigenvalue weighted by molar-refractivity contribution is 5.46. The maximum atomic E-state index is 9.25. The largest absolute Gasteiger partial charge is 0.374 e. The first-order valence-electron chi connectivity index (χ1n) is 6.86. The topological polar surface area (TPSA) is 50.8 Å². The molecule has 0 radical (unpaired) electrons. The lowest BCUT2D eigenvalue weighted by Crippen LogP contribution is -2.27. The van der Waals surface area contributed by atoms with E-state index in [0.29, 0.717) is 6.54 Å². The summed E-state index contributed by atoms with van der Waals surface area (Å²) in [5, 5.41) is 18.5. The van der Waals surface area contributed by atoms with E-state index in [4.69, 9.17) is 0 Å². The lowest BCUT2D eigenvalue weighted by Gasteiger charge is -2.26. The predicted octanol–water partition coefficient (Wildman–Crippen LogP) is 3.57. The molecule has 0 bridgehead atoms. The van der Waals surface area contributed by atoms with Crippen LogP contribution >= 0.6 is 0 Å². The third-order valence-electron chi connectivity index (χ3n) is 3.58. The SMILES string of the molecule is CN(CC(c1ccccc1)C(C#N)C#N)c1ccccc1. The van der Waals surface area contributed by atoms with E-state index in [2.05, 4.69) is 17.0 Å². The second-order valence-electron chi connectivity index (χ2n) is 4.97. The number of benzene rings is 2. The Bertz CT molecular complexity index is 624. The fourth-order valence-corrected chi connectivity index (χ4v) is 2.40. The molecule has 2 aromatic rings. The van der Waals surface area contributed by atoms with Crippen molar-refractivity contribution in [3.8, 4) is 12.1 Å². The lowest BCUT2D eigenvalue weighted by molar-refractivity contribution is 0.604. The minimum atomic E-state index is -0.654. The first kappa shape index (κ1) is 14.6. The predicted molar refractivity (Wildman–Crippen MR) is 83.6 cm³/mol. The first-order chi connectivity index (χ1) is 10.3. The number of likely N-dealkylation sites (N-methyl/N-ethyl adjacent to an activating group) is 1. The Kier molecular flexibility index (Phi) is 4.96. The third-order valence-corrected chi connectivity index (χ3v) is 3.58. The fourth-order valence-electron chi connectivity index (χ4n) is 2.40. The number of nitrogens with zero attached hydrogens (tertiary/aromatic N) is 3. The zero-order valence-electron chi connectivity index (χ0n) is 12.0. The van der Waals surface area contributed by atoms with Crippen LogP contribution in [0.2, 0.25) is 0 Å². The third kappa shape index (κ3) is 3.61. The molecule has 0 aliphatic rings. The summed E-state index contributed by atoms with van der Waals surface area (Å²) in [5.74, 6) is -0.787. The minimum Gasteiger partial charge on any atom is -0.374 e. The van der Waals surface area contributed by atoms with Gasteiger partial charge in [-0.1, -0.05) is 48.5 Å². The summed E-state index contributed by atoms with van der Waals surface area (Å²) in [4.78, 5) is 2.08. The van der Waals surface area contributed by atoms with Crippen LogP contribution in [0.15, 0.2) is 60.7 Å². The second kappa shape index (κ2) is 7.12. The van der Waals surface area contributed by atoms with Gasteiger partial charge < -0.3 is 4.90 Å². The maximum Gasteiger partial charge on any atom is 0.141 e. The molecule has 0 aliphatic heterocycles. The molecule has 3 heteroatoms. The first-order valence-corrected chi connectivity index (χ1v) is 6.86. The van der Waals surface area contributed by atoms with E-state index in [1.807, 2.05) is 67.7 Å². The number of nitriles is 2. The van der Waals surface area contributed by atoms with Gasteiger partial charge in [0.2, 0.25) is 0 Å². The van der Waals surface area contributed by atoms with Crippen LogP contribution in [-0.2, 0) is 0 Å². The number of hydrogen-bond acceptors (Lipinski definition) is 3. The lowest BCUT2D eigenvalue weighted by atomic mass is 9.87. The number of anilines is 1. The Morgan fingerprint density at radius 1 is 0.905 bits per heavy atom. The van der Waals surface area contributed by atoms with Gasteiger partial charge in [0.1, 0.15) is 5.92 Å². The molecule has 0 heterocycles. The molecule has 3 nitrogen and oxygen atoms in total. The molecule has 2 aromatic carbocycles. The summed E-state index contributed by atoms with van der Waals surface area (Å²) < 4.78 is 0. The molecule has 1 atom stereocenters. The molecule has 0 N–H and O–H groups in total. The molecular formula is C18H17N3. The smallest absolute Gasteiger partial charge is 0.141 e. The van der Waals surface area contributed by atoms with Gasteiger partial charge in [-0.2, -0.15) is 10.5 Å².